The second-order valence-corrected chi connectivity index (χ2v) is 8.82. The zero-order valence-electron chi connectivity index (χ0n) is 19.8. The molecule has 0 bridgehead atoms. The molecule has 1 aliphatic heterocycles. The number of hydrogen-bond donors (Lipinski definition) is 2. The van der Waals surface area contributed by atoms with E-state index in [0.717, 1.165) is 22.6 Å². The summed E-state index contributed by atoms with van der Waals surface area (Å²) in [5.41, 5.74) is 0.800. The number of aliphatic hydroxyl groups is 2. The average molecular weight is 541 g/mol. The van der Waals surface area contributed by atoms with Gasteiger partial charge in [0.25, 0.3) is 5.91 Å². The smallest absolute Gasteiger partial charge is 0.425 e. The van der Waals surface area contributed by atoms with Gasteiger partial charge in [0.05, 0.1) is 19.2 Å². The highest BCUT2D eigenvalue weighted by molar-refractivity contribution is 6.30. The summed E-state index contributed by atoms with van der Waals surface area (Å²) in [5, 5.41) is 21.4. The van der Waals surface area contributed by atoms with E-state index < -0.39 is 30.5 Å². The van der Waals surface area contributed by atoms with Crippen LogP contribution in [0.25, 0.3) is 0 Å². The van der Waals surface area contributed by atoms with Gasteiger partial charge >= 0.3 is 12.4 Å². The number of rotatable bonds is 8. The molecule has 0 fully saturated rings. The van der Waals surface area contributed by atoms with Crippen LogP contribution in [-0.4, -0.2) is 63.0 Å². The van der Waals surface area contributed by atoms with Crippen LogP contribution in [-0.2, 0) is 6.54 Å². The first-order valence-corrected chi connectivity index (χ1v) is 11.6. The van der Waals surface area contributed by atoms with Gasteiger partial charge in [-0.3, -0.25) is 14.3 Å². The Morgan fingerprint density at radius 3 is 2.49 bits per heavy atom. The summed E-state index contributed by atoms with van der Waals surface area (Å²) in [6.07, 6.45) is -6.80. The van der Waals surface area contributed by atoms with Crippen molar-refractivity contribution in [3.05, 3.63) is 64.8 Å². The van der Waals surface area contributed by atoms with E-state index in [9.17, 15) is 28.2 Å². The van der Waals surface area contributed by atoms with Gasteiger partial charge in [0.15, 0.2) is 11.5 Å². The summed E-state index contributed by atoms with van der Waals surface area (Å²) in [7, 11) is 1.52. The Bertz CT molecular complexity index is 1270. The van der Waals surface area contributed by atoms with Crippen molar-refractivity contribution in [1.82, 2.24) is 14.5 Å². The number of benzene rings is 2. The van der Waals surface area contributed by atoms with E-state index in [1.807, 2.05) is 0 Å². The van der Waals surface area contributed by atoms with Gasteiger partial charge in [0, 0.05) is 18.1 Å². The number of anilines is 1. The van der Waals surface area contributed by atoms with Crippen molar-refractivity contribution >= 4 is 23.3 Å². The van der Waals surface area contributed by atoms with E-state index in [2.05, 4.69) is 9.72 Å². The van der Waals surface area contributed by atoms with Gasteiger partial charge in [-0.05, 0) is 36.2 Å². The minimum Gasteiger partial charge on any atom is -0.425 e. The van der Waals surface area contributed by atoms with Crippen LogP contribution in [0.1, 0.15) is 29.4 Å². The van der Waals surface area contributed by atoms with Crippen LogP contribution in [0.15, 0.2) is 48.5 Å². The lowest BCUT2D eigenvalue weighted by atomic mass is 10.2. The highest BCUT2D eigenvalue weighted by atomic mass is 35.5. The van der Waals surface area contributed by atoms with Crippen LogP contribution in [0, 0.1) is 0 Å². The highest BCUT2D eigenvalue weighted by Crippen LogP contribution is 2.36. The first-order valence-electron chi connectivity index (χ1n) is 11.3. The van der Waals surface area contributed by atoms with Crippen molar-refractivity contribution in [1.29, 1.82) is 0 Å². The number of aromatic nitrogens is 2. The van der Waals surface area contributed by atoms with Crippen molar-refractivity contribution in [3.63, 3.8) is 0 Å². The number of halogens is 4. The SMILES string of the molecule is CCC(O)CN1C(=O)c2c(nc(Oc3cccc(OC(F)(F)F)c3)n2Cc2ccc(Cl)cc2)N(C)C1O. The fourth-order valence-corrected chi connectivity index (χ4v) is 3.93. The second kappa shape index (κ2) is 10.5. The van der Waals surface area contributed by atoms with Crippen molar-refractivity contribution < 1.29 is 37.7 Å². The van der Waals surface area contributed by atoms with E-state index >= 15 is 0 Å². The van der Waals surface area contributed by atoms with Crippen LogP contribution < -0.4 is 14.4 Å². The Morgan fingerprint density at radius 2 is 1.84 bits per heavy atom. The molecule has 0 radical (unpaired) electrons. The molecule has 198 valence electrons. The Hall–Kier alpha value is -3.48. The first-order chi connectivity index (χ1) is 17.5. The largest absolute Gasteiger partial charge is 0.573 e. The molecule has 1 aliphatic rings. The van der Waals surface area contributed by atoms with Gasteiger partial charge in [-0.1, -0.05) is 36.7 Å². The van der Waals surface area contributed by atoms with Crippen LogP contribution in [0.3, 0.4) is 0 Å². The van der Waals surface area contributed by atoms with Gasteiger partial charge in [-0.25, -0.2) is 0 Å². The maximum absolute atomic E-state index is 13.5. The Kier molecular flexibility index (Phi) is 7.53. The topological polar surface area (TPSA) is 100 Å². The maximum Gasteiger partial charge on any atom is 0.573 e. The lowest BCUT2D eigenvalue weighted by molar-refractivity contribution is -0.274. The fourth-order valence-electron chi connectivity index (χ4n) is 3.81. The molecule has 3 aromatic rings. The second-order valence-electron chi connectivity index (χ2n) is 8.38. The molecule has 1 aromatic heterocycles. The van der Waals surface area contributed by atoms with Crippen LogP contribution in [0.4, 0.5) is 19.0 Å². The number of hydrogen-bond acceptors (Lipinski definition) is 7. The number of aliphatic hydroxyl groups excluding tert-OH is 2. The summed E-state index contributed by atoms with van der Waals surface area (Å²) < 4.78 is 49.3. The Balaban J connectivity index is 1.77. The zero-order chi connectivity index (χ0) is 26.9. The Labute approximate surface area is 215 Å². The third-order valence-electron chi connectivity index (χ3n) is 5.72. The molecule has 1 amide bonds. The minimum absolute atomic E-state index is 0.0182. The van der Waals surface area contributed by atoms with Crippen molar-refractivity contribution in [2.45, 2.75) is 38.7 Å². The van der Waals surface area contributed by atoms with E-state index in [1.54, 1.807) is 31.2 Å². The average Bonchev–Trinajstić information content (AvgIpc) is 3.18. The summed E-state index contributed by atoms with van der Waals surface area (Å²) in [4.78, 5) is 20.3. The van der Waals surface area contributed by atoms with E-state index in [-0.39, 0.29) is 36.4 Å². The minimum atomic E-state index is -4.89. The predicted molar refractivity (Wildman–Crippen MR) is 128 cm³/mol. The number of nitrogens with zero attached hydrogens (tertiary/aromatic N) is 4. The number of imidazole rings is 1. The lowest BCUT2D eigenvalue weighted by Gasteiger charge is -2.39. The van der Waals surface area contributed by atoms with Crippen molar-refractivity contribution in [2.75, 3.05) is 18.5 Å². The molecule has 4 rings (SSSR count). The first kappa shape index (κ1) is 26.6. The standard InChI is InChI=1S/C24H24ClF3N4O5/c1-3-16(33)13-32-21(34)19-20(30(2)23(32)35)29-22(31(19)12-14-7-9-15(25)10-8-14)36-17-5-4-6-18(11-17)37-24(26,27)28/h4-11,16,23,33,35H,3,12-13H2,1-2H3. The maximum atomic E-state index is 13.5. The third-order valence-corrected chi connectivity index (χ3v) is 5.97. The molecule has 0 spiro atoms. The van der Waals surface area contributed by atoms with E-state index in [1.165, 1.54) is 28.6 Å². The summed E-state index contributed by atoms with van der Waals surface area (Å²) >= 11 is 5.99. The Morgan fingerprint density at radius 1 is 1.16 bits per heavy atom. The third kappa shape index (κ3) is 5.92. The monoisotopic (exact) mass is 540 g/mol. The molecule has 0 aliphatic carbocycles. The molecule has 13 heteroatoms. The van der Waals surface area contributed by atoms with Crippen molar-refractivity contribution in [2.24, 2.45) is 0 Å². The molecule has 0 saturated heterocycles. The number of ether oxygens (including phenoxy) is 2. The normalized spacial score (nSPS) is 16.5. The number of carbonyl (C=O) groups excluding carboxylic acids is 1. The van der Waals surface area contributed by atoms with Gasteiger partial charge in [-0.2, -0.15) is 4.98 Å². The number of β-amino-alcohol motifs (C(OH)–C–C–N with tert-alkyl or cyclic N) is 1. The lowest BCUT2D eigenvalue weighted by Crippen LogP contribution is -2.56. The number of carbonyl (C=O) groups is 1. The molecule has 9 nitrogen and oxygen atoms in total. The van der Waals surface area contributed by atoms with Crippen molar-refractivity contribution in [3.8, 4) is 17.5 Å². The molecule has 2 unspecified atom stereocenters. The van der Waals surface area contributed by atoms with Gasteiger partial charge < -0.3 is 24.6 Å². The van der Waals surface area contributed by atoms with Gasteiger partial charge in [0.1, 0.15) is 11.5 Å². The van der Waals surface area contributed by atoms with E-state index in [0.29, 0.717) is 11.4 Å². The zero-order valence-corrected chi connectivity index (χ0v) is 20.6. The highest BCUT2D eigenvalue weighted by Gasteiger charge is 2.41. The molecule has 2 atom stereocenters. The molecular formula is C24H24ClF3N4O5. The quantitative estimate of drug-likeness (QED) is 0.441. The number of amides is 1. The summed E-state index contributed by atoms with van der Waals surface area (Å²) in [6.45, 7) is 1.71. The summed E-state index contributed by atoms with van der Waals surface area (Å²) in [6, 6.07) is 11.6. The number of fused-ring (bicyclic) bond motifs is 1. The van der Waals surface area contributed by atoms with Gasteiger partial charge in [-0.15, -0.1) is 13.2 Å². The van der Waals surface area contributed by atoms with Crippen LogP contribution in [0.5, 0.6) is 17.5 Å². The molecular weight excluding hydrogens is 517 g/mol. The molecule has 2 N–H and O–H groups in total. The summed E-state index contributed by atoms with van der Waals surface area (Å²) in [5.74, 6) is -1.01. The van der Waals surface area contributed by atoms with Gasteiger partial charge in [0.2, 0.25) is 6.35 Å². The fraction of sp³-hybridized carbons (Fsp3) is 0.333. The molecule has 0 saturated carbocycles. The number of alkyl halides is 3. The molecule has 37 heavy (non-hydrogen) atoms. The molecule has 2 heterocycles. The van der Waals surface area contributed by atoms with E-state index in [4.69, 9.17) is 16.3 Å². The predicted octanol–water partition coefficient (Wildman–Crippen LogP) is 4.21. The van der Waals surface area contributed by atoms with Crippen LogP contribution >= 0.6 is 11.6 Å². The molecule has 2 aromatic carbocycles. The van der Waals surface area contributed by atoms with Crippen LogP contribution in [0.2, 0.25) is 5.02 Å².